The van der Waals surface area contributed by atoms with Crippen LogP contribution in [0.4, 0.5) is 0 Å². The molecule has 0 aliphatic carbocycles. The highest BCUT2D eigenvalue weighted by Crippen LogP contribution is 2.40. The van der Waals surface area contributed by atoms with Crippen LogP contribution < -0.4 is 0 Å². The number of benzene rings is 1. The predicted molar refractivity (Wildman–Crippen MR) is 107 cm³/mol. The largest absolute Gasteiger partial charge is 0.342 e. The summed E-state index contributed by atoms with van der Waals surface area (Å²) in [6.45, 7) is 9.55. The Morgan fingerprint density at radius 3 is 2.58 bits per heavy atom. The van der Waals surface area contributed by atoms with Crippen molar-refractivity contribution in [2.24, 2.45) is 5.41 Å². The lowest BCUT2D eigenvalue weighted by Gasteiger charge is -2.47. The number of rotatable bonds is 5. The molecule has 2 aliphatic rings. The number of piperidine rings is 2. The Labute approximate surface area is 159 Å². The first kappa shape index (κ1) is 19.4. The van der Waals surface area contributed by atoms with Gasteiger partial charge in [-0.15, -0.1) is 0 Å². The van der Waals surface area contributed by atoms with Crippen LogP contribution in [0.25, 0.3) is 0 Å². The van der Waals surface area contributed by atoms with E-state index in [1.165, 1.54) is 24.0 Å². The molecule has 1 aromatic rings. The Morgan fingerprint density at radius 1 is 1.19 bits per heavy atom. The highest BCUT2D eigenvalue weighted by atomic mass is 16.2. The lowest BCUT2D eigenvalue weighted by atomic mass is 9.72. The van der Waals surface area contributed by atoms with Gasteiger partial charge in [-0.3, -0.25) is 9.69 Å². The fraction of sp³-hybridized carbons (Fsp3) is 0.682. The van der Waals surface area contributed by atoms with Crippen LogP contribution in [0.1, 0.15) is 56.7 Å². The fourth-order valence-electron chi connectivity index (χ4n) is 4.49. The van der Waals surface area contributed by atoms with Crippen molar-refractivity contribution in [1.29, 1.82) is 0 Å². The maximum atomic E-state index is 12.0. The second kappa shape index (κ2) is 8.10. The zero-order valence-corrected chi connectivity index (χ0v) is 17.0. The first-order valence-corrected chi connectivity index (χ1v) is 10.2. The van der Waals surface area contributed by atoms with E-state index in [9.17, 15) is 4.79 Å². The van der Waals surface area contributed by atoms with Crippen molar-refractivity contribution in [1.82, 2.24) is 14.7 Å². The molecule has 4 heteroatoms. The van der Waals surface area contributed by atoms with Gasteiger partial charge in [-0.2, -0.15) is 0 Å². The number of carbonyl (C=O) groups is 1. The van der Waals surface area contributed by atoms with Crippen LogP contribution in [0.3, 0.4) is 0 Å². The van der Waals surface area contributed by atoms with Crippen molar-refractivity contribution < 1.29 is 4.79 Å². The second-order valence-corrected chi connectivity index (χ2v) is 8.57. The van der Waals surface area contributed by atoms with E-state index in [-0.39, 0.29) is 0 Å². The van der Waals surface area contributed by atoms with Crippen molar-refractivity contribution in [3.63, 3.8) is 0 Å². The average molecular weight is 358 g/mol. The van der Waals surface area contributed by atoms with Gasteiger partial charge >= 0.3 is 0 Å². The smallest absolute Gasteiger partial charge is 0.222 e. The van der Waals surface area contributed by atoms with Gasteiger partial charge in [0.25, 0.3) is 0 Å². The summed E-state index contributed by atoms with van der Waals surface area (Å²) in [5.41, 5.74) is 3.19. The van der Waals surface area contributed by atoms with Crippen LogP contribution in [0.15, 0.2) is 24.3 Å². The molecule has 1 aromatic carbocycles. The Bertz CT molecular complexity index is 620. The van der Waals surface area contributed by atoms with Crippen molar-refractivity contribution in [2.45, 2.75) is 52.1 Å². The lowest BCUT2D eigenvalue weighted by molar-refractivity contribution is -0.138. The van der Waals surface area contributed by atoms with Gasteiger partial charge in [-0.05, 0) is 76.8 Å². The molecule has 0 radical (unpaired) electrons. The minimum absolute atomic E-state index is 0.354. The third kappa shape index (κ3) is 4.29. The number of likely N-dealkylation sites (tertiary alicyclic amines) is 2. The topological polar surface area (TPSA) is 26.8 Å². The molecule has 1 spiro atoms. The molecule has 0 bridgehead atoms. The van der Waals surface area contributed by atoms with Crippen molar-refractivity contribution >= 4 is 5.91 Å². The molecule has 0 unspecified atom stereocenters. The minimum atomic E-state index is 0.354. The maximum absolute atomic E-state index is 12.0. The summed E-state index contributed by atoms with van der Waals surface area (Å²) in [5, 5.41) is 0. The van der Waals surface area contributed by atoms with E-state index in [0.29, 0.717) is 17.4 Å². The molecule has 2 fully saturated rings. The van der Waals surface area contributed by atoms with Gasteiger partial charge in [-0.1, -0.05) is 24.3 Å². The fourth-order valence-corrected chi connectivity index (χ4v) is 4.49. The summed E-state index contributed by atoms with van der Waals surface area (Å²) in [7, 11) is 4.27. The molecular formula is C22H35N3O. The molecule has 1 amide bonds. The Hall–Kier alpha value is -1.39. The van der Waals surface area contributed by atoms with E-state index >= 15 is 0 Å². The summed E-state index contributed by atoms with van der Waals surface area (Å²) in [6.07, 6.45) is 4.29. The van der Waals surface area contributed by atoms with Crippen LogP contribution in [0.2, 0.25) is 0 Å². The zero-order valence-electron chi connectivity index (χ0n) is 17.0. The molecule has 4 nitrogen and oxygen atoms in total. The number of hydrogen-bond donors (Lipinski definition) is 0. The summed E-state index contributed by atoms with van der Waals surface area (Å²) in [6, 6.07) is 9.50. The van der Waals surface area contributed by atoms with Crippen LogP contribution in [-0.2, 0) is 11.3 Å². The SMILES string of the molecule is CCN1CC2(CCC1=O)CCN(Cc1cccc([C@@H](C)N(C)C)c1)CC2. The first-order valence-electron chi connectivity index (χ1n) is 10.2. The molecule has 2 heterocycles. The molecule has 1 atom stereocenters. The van der Waals surface area contributed by atoms with Crippen LogP contribution >= 0.6 is 0 Å². The van der Waals surface area contributed by atoms with E-state index in [1.54, 1.807) is 0 Å². The van der Waals surface area contributed by atoms with Crippen molar-refractivity contribution in [3.8, 4) is 0 Å². The molecule has 0 saturated carbocycles. The molecule has 26 heavy (non-hydrogen) atoms. The van der Waals surface area contributed by atoms with Crippen LogP contribution in [-0.4, -0.2) is 60.9 Å². The molecule has 3 rings (SSSR count). The number of hydrogen-bond acceptors (Lipinski definition) is 3. The monoisotopic (exact) mass is 357 g/mol. The van der Waals surface area contributed by atoms with E-state index < -0.39 is 0 Å². The molecule has 0 aromatic heterocycles. The Morgan fingerprint density at radius 2 is 1.92 bits per heavy atom. The first-order chi connectivity index (χ1) is 12.4. The zero-order chi connectivity index (χ0) is 18.7. The third-order valence-corrected chi connectivity index (χ3v) is 6.66. The van der Waals surface area contributed by atoms with Gasteiger partial charge < -0.3 is 9.80 Å². The quantitative estimate of drug-likeness (QED) is 0.806. The summed E-state index contributed by atoms with van der Waals surface area (Å²) in [5.74, 6) is 0.354. The molecule has 2 aliphatic heterocycles. The molecule has 144 valence electrons. The number of amides is 1. The van der Waals surface area contributed by atoms with Gasteiger partial charge in [0.15, 0.2) is 0 Å². The highest BCUT2D eigenvalue weighted by Gasteiger charge is 2.40. The number of nitrogens with zero attached hydrogens (tertiary/aromatic N) is 3. The molecule has 0 N–H and O–H groups in total. The van der Waals surface area contributed by atoms with Gasteiger partial charge in [0.1, 0.15) is 0 Å². The summed E-state index contributed by atoms with van der Waals surface area (Å²) in [4.78, 5) is 18.9. The van der Waals surface area contributed by atoms with Crippen LogP contribution in [0, 0.1) is 5.41 Å². The van der Waals surface area contributed by atoms with Gasteiger partial charge in [0.05, 0.1) is 0 Å². The molecular weight excluding hydrogens is 322 g/mol. The minimum Gasteiger partial charge on any atom is -0.342 e. The van der Waals surface area contributed by atoms with E-state index in [4.69, 9.17) is 0 Å². The highest BCUT2D eigenvalue weighted by molar-refractivity contribution is 5.77. The average Bonchev–Trinajstić information content (AvgIpc) is 2.65. The summed E-state index contributed by atoms with van der Waals surface area (Å²) >= 11 is 0. The van der Waals surface area contributed by atoms with E-state index in [0.717, 1.165) is 45.6 Å². The normalized spacial score (nSPS) is 22.2. The van der Waals surface area contributed by atoms with Gasteiger partial charge in [-0.25, -0.2) is 0 Å². The van der Waals surface area contributed by atoms with E-state index in [2.05, 4.69) is 66.9 Å². The summed E-state index contributed by atoms with van der Waals surface area (Å²) < 4.78 is 0. The number of carbonyl (C=O) groups excluding carboxylic acids is 1. The van der Waals surface area contributed by atoms with Crippen LogP contribution in [0.5, 0.6) is 0 Å². The van der Waals surface area contributed by atoms with Crippen molar-refractivity contribution in [3.05, 3.63) is 35.4 Å². The Balaban J connectivity index is 1.58. The Kier molecular flexibility index (Phi) is 6.03. The second-order valence-electron chi connectivity index (χ2n) is 8.57. The van der Waals surface area contributed by atoms with Gasteiger partial charge in [0, 0.05) is 32.1 Å². The van der Waals surface area contributed by atoms with Crippen molar-refractivity contribution in [2.75, 3.05) is 40.3 Å². The van der Waals surface area contributed by atoms with E-state index in [1.807, 2.05) is 0 Å². The standard InChI is InChI=1S/C22H35N3O/c1-5-25-17-22(10-9-21(25)26)11-13-24(14-12-22)16-19-7-6-8-20(15-19)18(2)23(3)4/h6-8,15,18H,5,9-14,16-17H2,1-4H3/t18-/m1/s1. The predicted octanol–water partition coefficient (Wildman–Crippen LogP) is 3.53. The van der Waals surface area contributed by atoms with Gasteiger partial charge in [0.2, 0.25) is 5.91 Å². The molecule has 2 saturated heterocycles. The third-order valence-electron chi connectivity index (χ3n) is 6.66. The maximum Gasteiger partial charge on any atom is 0.222 e. The lowest BCUT2D eigenvalue weighted by Crippen LogP contribution is -2.51.